The minimum Gasteiger partial charge on any atom is -0.334 e. The molecule has 1 heterocycles. The van der Waals surface area contributed by atoms with Crippen LogP contribution in [-0.4, -0.2) is 26.3 Å². The maximum absolute atomic E-state index is 11.4. The lowest BCUT2D eigenvalue weighted by Gasteiger charge is -2.20. The number of carbonyl (C=O) groups is 1. The quantitative estimate of drug-likeness (QED) is 0.744. The second-order valence-electron chi connectivity index (χ2n) is 4.42. The Morgan fingerprint density at radius 1 is 1.53 bits per heavy atom. The summed E-state index contributed by atoms with van der Waals surface area (Å²) in [5, 5.41) is 13.1. The van der Waals surface area contributed by atoms with Crippen LogP contribution >= 0.6 is 0 Å². The van der Waals surface area contributed by atoms with Crippen molar-refractivity contribution in [1.29, 1.82) is 0 Å². The zero-order chi connectivity index (χ0) is 11.5. The van der Waals surface area contributed by atoms with Gasteiger partial charge in [0.2, 0.25) is 0 Å². The van der Waals surface area contributed by atoms with Crippen molar-refractivity contribution in [3.8, 4) is 0 Å². The van der Waals surface area contributed by atoms with Gasteiger partial charge in [0.1, 0.15) is 6.33 Å². The molecule has 0 spiro atoms. The molecule has 1 aromatic heterocycles. The summed E-state index contributed by atoms with van der Waals surface area (Å²) in [5.41, 5.74) is -0.232. The Hall–Kier alpha value is -1.59. The molecule has 0 atom stereocenters. The van der Waals surface area contributed by atoms with Crippen LogP contribution in [0.25, 0.3) is 0 Å². The molecule has 0 aliphatic carbocycles. The molecule has 0 bridgehead atoms. The standard InChI is InChI=1S/C9H17N5O/c1-9(2,3)12-8(15)10-5-7-13-11-6-14(7)4/h6H,5H2,1-4H3,(H2,10,12,15). The van der Waals surface area contributed by atoms with Gasteiger partial charge in [0.25, 0.3) is 0 Å². The fourth-order valence-electron chi connectivity index (χ4n) is 1.01. The largest absolute Gasteiger partial charge is 0.334 e. The maximum atomic E-state index is 11.4. The number of amides is 2. The Balaban J connectivity index is 2.38. The number of rotatable bonds is 2. The molecule has 6 heteroatoms. The highest BCUT2D eigenvalue weighted by atomic mass is 16.2. The molecule has 0 fully saturated rings. The van der Waals surface area contributed by atoms with Crippen molar-refractivity contribution >= 4 is 6.03 Å². The number of hydrogen-bond donors (Lipinski definition) is 2. The van der Waals surface area contributed by atoms with Crippen molar-refractivity contribution in [1.82, 2.24) is 25.4 Å². The van der Waals surface area contributed by atoms with E-state index in [-0.39, 0.29) is 11.6 Å². The Morgan fingerprint density at radius 2 is 2.20 bits per heavy atom. The highest BCUT2D eigenvalue weighted by Crippen LogP contribution is 1.97. The first-order chi connectivity index (χ1) is 6.88. The predicted molar refractivity (Wildman–Crippen MR) is 56.1 cm³/mol. The molecule has 0 radical (unpaired) electrons. The minimum atomic E-state index is -0.232. The molecular weight excluding hydrogens is 194 g/mol. The molecule has 1 rings (SSSR count). The topological polar surface area (TPSA) is 71.8 Å². The first kappa shape index (κ1) is 11.5. The summed E-state index contributed by atoms with van der Waals surface area (Å²) in [6.45, 7) is 6.15. The monoisotopic (exact) mass is 211 g/mol. The van der Waals surface area contributed by atoms with Gasteiger partial charge in [-0.3, -0.25) is 0 Å². The fraction of sp³-hybridized carbons (Fsp3) is 0.667. The van der Waals surface area contributed by atoms with E-state index < -0.39 is 0 Å². The summed E-state index contributed by atoms with van der Waals surface area (Å²) in [5.74, 6) is 0.721. The maximum Gasteiger partial charge on any atom is 0.315 e. The summed E-state index contributed by atoms with van der Waals surface area (Å²) < 4.78 is 1.76. The third-order valence-corrected chi connectivity index (χ3v) is 1.70. The SMILES string of the molecule is Cn1cnnc1CNC(=O)NC(C)(C)C. The summed E-state index contributed by atoms with van der Waals surface area (Å²) >= 11 is 0. The lowest BCUT2D eigenvalue weighted by molar-refractivity contribution is 0.231. The summed E-state index contributed by atoms with van der Waals surface area (Å²) in [6, 6.07) is -0.203. The number of urea groups is 1. The van der Waals surface area contributed by atoms with Crippen LogP contribution in [0.4, 0.5) is 4.79 Å². The van der Waals surface area contributed by atoms with E-state index in [2.05, 4.69) is 20.8 Å². The van der Waals surface area contributed by atoms with E-state index >= 15 is 0 Å². The number of nitrogens with one attached hydrogen (secondary N) is 2. The Kier molecular flexibility index (Phi) is 3.28. The second-order valence-corrected chi connectivity index (χ2v) is 4.42. The molecule has 0 saturated carbocycles. The van der Waals surface area contributed by atoms with Gasteiger partial charge in [-0.25, -0.2) is 4.79 Å². The molecule has 1 aromatic rings. The van der Waals surface area contributed by atoms with Gasteiger partial charge >= 0.3 is 6.03 Å². The van der Waals surface area contributed by atoms with Gasteiger partial charge in [-0.1, -0.05) is 0 Å². The van der Waals surface area contributed by atoms with Gasteiger partial charge in [-0.2, -0.15) is 0 Å². The zero-order valence-corrected chi connectivity index (χ0v) is 9.53. The average Bonchev–Trinajstić information content (AvgIpc) is 2.44. The van der Waals surface area contributed by atoms with Gasteiger partial charge in [0.15, 0.2) is 5.82 Å². The lowest BCUT2D eigenvalue weighted by atomic mass is 10.1. The lowest BCUT2D eigenvalue weighted by Crippen LogP contribution is -2.46. The van der Waals surface area contributed by atoms with Crippen LogP contribution in [0.15, 0.2) is 6.33 Å². The molecular formula is C9H17N5O. The number of carbonyl (C=O) groups excluding carboxylic acids is 1. The van der Waals surface area contributed by atoms with Gasteiger partial charge < -0.3 is 15.2 Å². The summed E-state index contributed by atoms with van der Waals surface area (Å²) in [6.07, 6.45) is 1.60. The average molecular weight is 211 g/mol. The molecule has 2 N–H and O–H groups in total. The summed E-state index contributed by atoms with van der Waals surface area (Å²) in [4.78, 5) is 11.4. The highest BCUT2D eigenvalue weighted by molar-refractivity contribution is 5.74. The van der Waals surface area contributed by atoms with E-state index in [1.165, 1.54) is 0 Å². The van der Waals surface area contributed by atoms with Crippen molar-refractivity contribution in [3.63, 3.8) is 0 Å². The molecule has 0 saturated heterocycles. The number of aromatic nitrogens is 3. The molecule has 15 heavy (non-hydrogen) atoms. The van der Waals surface area contributed by atoms with Crippen LogP contribution < -0.4 is 10.6 Å². The van der Waals surface area contributed by atoms with Crippen LogP contribution in [0.2, 0.25) is 0 Å². The van der Waals surface area contributed by atoms with E-state index in [4.69, 9.17) is 0 Å². The minimum absolute atomic E-state index is 0.203. The van der Waals surface area contributed by atoms with Crippen LogP contribution in [-0.2, 0) is 13.6 Å². The van der Waals surface area contributed by atoms with Crippen molar-refractivity contribution in [2.75, 3.05) is 0 Å². The number of hydrogen-bond acceptors (Lipinski definition) is 3. The first-order valence-corrected chi connectivity index (χ1v) is 4.77. The summed E-state index contributed by atoms with van der Waals surface area (Å²) in [7, 11) is 1.83. The zero-order valence-electron chi connectivity index (χ0n) is 9.53. The normalized spacial score (nSPS) is 11.2. The molecule has 0 unspecified atom stereocenters. The van der Waals surface area contributed by atoms with E-state index in [1.54, 1.807) is 10.9 Å². The second kappa shape index (κ2) is 4.29. The highest BCUT2D eigenvalue weighted by Gasteiger charge is 2.13. The van der Waals surface area contributed by atoms with Crippen LogP contribution in [0.3, 0.4) is 0 Å². The molecule has 2 amide bonds. The Bertz CT molecular complexity index is 339. The molecule has 6 nitrogen and oxygen atoms in total. The van der Waals surface area contributed by atoms with Crippen molar-refractivity contribution < 1.29 is 4.79 Å². The van der Waals surface area contributed by atoms with Crippen molar-refractivity contribution in [3.05, 3.63) is 12.2 Å². The Labute approximate surface area is 89.1 Å². The van der Waals surface area contributed by atoms with Crippen LogP contribution in [0.5, 0.6) is 0 Å². The molecule has 84 valence electrons. The third-order valence-electron chi connectivity index (χ3n) is 1.70. The van der Waals surface area contributed by atoms with E-state index in [0.717, 1.165) is 5.82 Å². The van der Waals surface area contributed by atoms with Gasteiger partial charge in [0, 0.05) is 12.6 Å². The van der Waals surface area contributed by atoms with Crippen LogP contribution in [0.1, 0.15) is 26.6 Å². The van der Waals surface area contributed by atoms with Gasteiger partial charge in [-0.05, 0) is 20.8 Å². The van der Waals surface area contributed by atoms with Crippen LogP contribution in [0, 0.1) is 0 Å². The predicted octanol–water partition coefficient (Wildman–Crippen LogP) is 0.413. The van der Waals surface area contributed by atoms with E-state index in [0.29, 0.717) is 6.54 Å². The fourth-order valence-corrected chi connectivity index (χ4v) is 1.01. The van der Waals surface area contributed by atoms with Crippen molar-refractivity contribution in [2.24, 2.45) is 7.05 Å². The number of nitrogens with zero attached hydrogens (tertiary/aromatic N) is 3. The smallest absolute Gasteiger partial charge is 0.315 e. The van der Waals surface area contributed by atoms with Gasteiger partial charge in [-0.15, -0.1) is 10.2 Å². The molecule has 0 aliphatic rings. The van der Waals surface area contributed by atoms with E-state index in [9.17, 15) is 4.79 Å². The first-order valence-electron chi connectivity index (χ1n) is 4.77. The van der Waals surface area contributed by atoms with E-state index in [1.807, 2.05) is 27.8 Å². The third kappa shape index (κ3) is 3.97. The van der Waals surface area contributed by atoms with Gasteiger partial charge in [0.05, 0.1) is 6.54 Å². The van der Waals surface area contributed by atoms with Crippen molar-refractivity contribution in [2.45, 2.75) is 32.9 Å². The molecule has 0 aromatic carbocycles. The molecule has 0 aliphatic heterocycles. The number of aryl methyl sites for hydroxylation is 1. The Morgan fingerprint density at radius 3 is 2.67 bits per heavy atom.